The quantitative estimate of drug-likeness (QED) is 0.669. The van der Waals surface area contributed by atoms with Crippen LogP contribution in [0.25, 0.3) is 5.65 Å². The molecule has 14 heavy (non-hydrogen) atoms. The topological polar surface area (TPSA) is 42.2 Å². The zero-order valence-corrected chi connectivity index (χ0v) is 8.33. The molecule has 0 amide bonds. The molecule has 0 aromatic carbocycles. The van der Waals surface area contributed by atoms with Gasteiger partial charge in [-0.15, -0.1) is 0 Å². The Bertz CT molecular complexity index is 512. The van der Waals surface area contributed by atoms with E-state index in [0.717, 1.165) is 24.6 Å². The third-order valence-corrected chi connectivity index (χ3v) is 2.76. The van der Waals surface area contributed by atoms with Crippen LogP contribution in [-0.2, 0) is 13.1 Å². The Morgan fingerprint density at radius 1 is 1.36 bits per heavy atom. The summed E-state index contributed by atoms with van der Waals surface area (Å²) >= 11 is 0. The van der Waals surface area contributed by atoms with Crippen molar-refractivity contribution >= 4 is 5.65 Å². The minimum Gasteiger partial charge on any atom is -0.307 e. The monoisotopic (exact) mass is 188 g/mol. The van der Waals surface area contributed by atoms with Gasteiger partial charge in [-0.3, -0.25) is 0 Å². The predicted octanol–water partition coefficient (Wildman–Crippen LogP) is 0.949. The molecule has 4 nitrogen and oxygen atoms in total. The summed E-state index contributed by atoms with van der Waals surface area (Å²) in [4.78, 5) is 4.38. The number of nitrogens with one attached hydrogen (secondary N) is 1. The average Bonchev–Trinajstić information content (AvgIpc) is 2.69. The molecule has 72 valence electrons. The maximum Gasteiger partial charge on any atom is 0.156 e. The maximum absolute atomic E-state index is 4.39. The Balaban J connectivity index is 2.45. The van der Waals surface area contributed by atoms with Crippen molar-refractivity contribution in [2.75, 3.05) is 0 Å². The first kappa shape index (κ1) is 7.94. The molecular formula is C10H12N4. The van der Waals surface area contributed by atoms with Gasteiger partial charge in [0.15, 0.2) is 5.65 Å². The number of aryl methyl sites for hydroxylation is 2. The summed E-state index contributed by atoms with van der Waals surface area (Å²) in [6.45, 7) is 5.92. The molecule has 0 aliphatic carbocycles. The molecule has 4 heteroatoms. The highest BCUT2D eigenvalue weighted by Crippen LogP contribution is 2.20. The van der Waals surface area contributed by atoms with Crippen LogP contribution in [0.15, 0.2) is 6.07 Å². The van der Waals surface area contributed by atoms with E-state index in [1.54, 1.807) is 0 Å². The highest BCUT2D eigenvalue weighted by atomic mass is 15.3. The molecule has 1 aliphatic heterocycles. The van der Waals surface area contributed by atoms with Crippen LogP contribution in [0.1, 0.15) is 22.6 Å². The Morgan fingerprint density at radius 3 is 3.07 bits per heavy atom. The number of fused-ring (bicyclic) bond motifs is 3. The van der Waals surface area contributed by atoms with Gasteiger partial charge in [0.1, 0.15) is 5.82 Å². The van der Waals surface area contributed by atoms with Crippen molar-refractivity contribution < 1.29 is 0 Å². The molecule has 2 aromatic rings. The summed E-state index contributed by atoms with van der Waals surface area (Å²) in [5.74, 6) is 0.838. The molecule has 0 saturated carbocycles. The average molecular weight is 188 g/mol. The lowest BCUT2D eigenvalue weighted by Crippen LogP contribution is -2.02. The predicted molar refractivity (Wildman–Crippen MR) is 53.0 cm³/mol. The second kappa shape index (κ2) is 2.54. The first-order chi connectivity index (χ1) is 6.75. The van der Waals surface area contributed by atoms with Gasteiger partial charge in [0.25, 0.3) is 0 Å². The number of nitrogens with zero attached hydrogens (tertiary/aromatic N) is 3. The summed E-state index contributed by atoms with van der Waals surface area (Å²) in [6.07, 6.45) is 0. The molecular weight excluding hydrogens is 176 g/mol. The molecule has 0 bridgehead atoms. The third kappa shape index (κ3) is 0.915. The van der Waals surface area contributed by atoms with E-state index in [1.165, 1.54) is 16.8 Å². The molecule has 0 fully saturated rings. The van der Waals surface area contributed by atoms with Crippen LogP contribution in [0.3, 0.4) is 0 Å². The first-order valence-electron chi connectivity index (χ1n) is 4.81. The third-order valence-electron chi connectivity index (χ3n) is 2.76. The molecule has 0 unspecified atom stereocenters. The zero-order valence-electron chi connectivity index (χ0n) is 8.33. The highest BCUT2D eigenvalue weighted by Gasteiger charge is 2.17. The minimum atomic E-state index is 0.838. The van der Waals surface area contributed by atoms with Crippen LogP contribution in [0.4, 0.5) is 0 Å². The molecule has 0 saturated heterocycles. The summed E-state index contributed by atoms with van der Waals surface area (Å²) in [5.41, 5.74) is 4.91. The van der Waals surface area contributed by atoms with Crippen molar-refractivity contribution in [1.82, 2.24) is 19.9 Å². The fourth-order valence-electron chi connectivity index (χ4n) is 2.09. The smallest absolute Gasteiger partial charge is 0.156 e. The van der Waals surface area contributed by atoms with Crippen LogP contribution < -0.4 is 5.32 Å². The Morgan fingerprint density at radius 2 is 2.21 bits per heavy atom. The van der Waals surface area contributed by atoms with Crippen LogP contribution in [0.2, 0.25) is 0 Å². The van der Waals surface area contributed by atoms with E-state index in [2.05, 4.69) is 28.4 Å². The van der Waals surface area contributed by atoms with E-state index in [4.69, 9.17) is 0 Å². The lowest BCUT2D eigenvalue weighted by molar-refractivity contribution is 0.739. The molecule has 3 heterocycles. The standard InChI is InChI=1S/C10H12N4/c1-6-3-10-12-7(2)13-14(10)9-5-11-4-8(6)9/h3,11H,4-5H2,1-2H3. The molecule has 0 spiro atoms. The van der Waals surface area contributed by atoms with E-state index >= 15 is 0 Å². The SMILES string of the molecule is Cc1nc2cc(C)c3c(n2n1)CNC3. The van der Waals surface area contributed by atoms with Crippen LogP contribution in [-0.4, -0.2) is 14.6 Å². The van der Waals surface area contributed by atoms with Gasteiger partial charge in [-0.25, -0.2) is 9.50 Å². The summed E-state index contributed by atoms with van der Waals surface area (Å²) in [7, 11) is 0. The second-order valence-electron chi connectivity index (χ2n) is 3.79. The molecule has 1 N–H and O–H groups in total. The van der Waals surface area contributed by atoms with Crippen molar-refractivity contribution in [3.63, 3.8) is 0 Å². The van der Waals surface area contributed by atoms with Gasteiger partial charge in [0, 0.05) is 13.1 Å². The minimum absolute atomic E-state index is 0.838. The van der Waals surface area contributed by atoms with Gasteiger partial charge in [0.05, 0.1) is 5.69 Å². The van der Waals surface area contributed by atoms with E-state index in [-0.39, 0.29) is 0 Å². The van der Waals surface area contributed by atoms with Crippen molar-refractivity contribution in [3.8, 4) is 0 Å². The molecule has 0 atom stereocenters. The van der Waals surface area contributed by atoms with Crippen LogP contribution in [0.5, 0.6) is 0 Å². The summed E-state index contributed by atoms with van der Waals surface area (Å²) < 4.78 is 1.96. The fourth-order valence-corrected chi connectivity index (χ4v) is 2.09. The maximum atomic E-state index is 4.39. The normalized spacial score (nSPS) is 15.0. The van der Waals surface area contributed by atoms with Crippen molar-refractivity contribution in [2.24, 2.45) is 0 Å². The molecule has 0 radical (unpaired) electrons. The Kier molecular flexibility index (Phi) is 1.44. The van der Waals surface area contributed by atoms with E-state index < -0.39 is 0 Å². The Labute approximate surface area is 82.0 Å². The van der Waals surface area contributed by atoms with Gasteiger partial charge in [-0.2, -0.15) is 5.10 Å². The van der Waals surface area contributed by atoms with Crippen molar-refractivity contribution in [2.45, 2.75) is 26.9 Å². The molecule has 1 aliphatic rings. The lowest BCUT2D eigenvalue weighted by atomic mass is 10.1. The number of hydrogen-bond acceptors (Lipinski definition) is 3. The zero-order chi connectivity index (χ0) is 9.71. The first-order valence-corrected chi connectivity index (χ1v) is 4.81. The number of aromatic nitrogens is 3. The van der Waals surface area contributed by atoms with Crippen molar-refractivity contribution in [3.05, 3.63) is 28.7 Å². The van der Waals surface area contributed by atoms with Gasteiger partial charge in [-0.05, 0) is 31.0 Å². The van der Waals surface area contributed by atoms with E-state index in [1.807, 2.05) is 11.4 Å². The highest BCUT2D eigenvalue weighted by molar-refractivity contribution is 5.48. The summed E-state index contributed by atoms with van der Waals surface area (Å²) in [5, 5.41) is 7.73. The lowest BCUT2D eigenvalue weighted by Gasteiger charge is -2.04. The second-order valence-corrected chi connectivity index (χ2v) is 3.79. The Hall–Kier alpha value is -1.42. The van der Waals surface area contributed by atoms with E-state index in [0.29, 0.717) is 0 Å². The molecule has 2 aromatic heterocycles. The largest absolute Gasteiger partial charge is 0.307 e. The number of hydrogen-bond donors (Lipinski definition) is 1. The van der Waals surface area contributed by atoms with Crippen LogP contribution in [0, 0.1) is 13.8 Å². The van der Waals surface area contributed by atoms with Crippen LogP contribution >= 0.6 is 0 Å². The van der Waals surface area contributed by atoms with Gasteiger partial charge in [-0.1, -0.05) is 0 Å². The van der Waals surface area contributed by atoms with E-state index in [9.17, 15) is 0 Å². The van der Waals surface area contributed by atoms with Gasteiger partial charge < -0.3 is 5.32 Å². The molecule has 3 rings (SSSR count). The van der Waals surface area contributed by atoms with Gasteiger partial charge >= 0.3 is 0 Å². The number of rotatable bonds is 0. The van der Waals surface area contributed by atoms with Crippen molar-refractivity contribution in [1.29, 1.82) is 0 Å². The fraction of sp³-hybridized carbons (Fsp3) is 0.400. The number of pyridine rings is 1. The summed E-state index contributed by atoms with van der Waals surface area (Å²) in [6, 6.07) is 2.10. The van der Waals surface area contributed by atoms with Gasteiger partial charge in [0.2, 0.25) is 0 Å².